The number of piperazine rings is 1. The molecule has 9 nitrogen and oxygen atoms in total. The van der Waals surface area contributed by atoms with Gasteiger partial charge in [0.25, 0.3) is 0 Å². The van der Waals surface area contributed by atoms with Crippen LogP contribution in [0.5, 0.6) is 0 Å². The first-order valence-corrected chi connectivity index (χ1v) is 10.2. The molecule has 0 aliphatic carbocycles. The van der Waals surface area contributed by atoms with Crippen LogP contribution in [0.3, 0.4) is 0 Å². The van der Waals surface area contributed by atoms with Gasteiger partial charge in [0.15, 0.2) is 11.6 Å². The molecule has 0 amide bonds. The molecule has 31 heavy (non-hydrogen) atoms. The van der Waals surface area contributed by atoms with Gasteiger partial charge in [-0.15, -0.1) is 0 Å². The Labute approximate surface area is 179 Å². The Bertz CT molecular complexity index is 1220. The lowest BCUT2D eigenvalue weighted by atomic mass is 10.1. The topological polar surface area (TPSA) is 92.9 Å². The van der Waals surface area contributed by atoms with Crippen LogP contribution in [0.15, 0.2) is 55.5 Å². The van der Waals surface area contributed by atoms with Crippen LogP contribution in [0, 0.1) is 0 Å². The van der Waals surface area contributed by atoms with Gasteiger partial charge in [-0.3, -0.25) is 9.78 Å². The molecule has 5 rings (SSSR count). The summed E-state index contributed by atoms with van der Waals surface area (Å²) >= 11 is 0. The highest BCUT2D eigenvalue weighted by atomic mass is 16.1. The molecule has 0 saturated carbocycles. The summed E-state index contributed by atoms with van der Waals surface area (Å²) in [7, 11) is 2.12. The Hall–Kier alpha value is -3.72. The zero-order chi connectivity index (χ0) is 21.2. The smallest absolute Gasteiger partial charge is 0.169 e. The van der Waals surface area contributed by atoms with Crippen molar-refractivity contribution in [3.05, 3.63) is 66.8 Å². The molecule has 4 aromatic rings. The SMILES string of the molecule is CN1CCN(c2cc(C(=O)Cc3cc4cc(-n5cncn5)ncc4cn3)ccn2)CC1. The van der Waals surface area contributed by atoms with Gasteiger partial charge in [-0.2, -0.15) is 5.10 Å². The predicted molar refractivity (Wildman–Crippen MR) is 116 cm³/mol. The zero-order valence-corrected chi connectivity index (χ0v) is 17.2. The molecule has 0 unspecified atom stereocenters. The first kappa shape index (κ1) is 19.3. The van der Waals surface area contributed by atoms with Gasteiger partial charge in [-0.1, -0.05) is 0 Å². The molecule has 0 spiro atoms. The third-order valence-corrected chi connectivity index (χ3v) is 5.54. The van der Waals surface area contributed by atoms with Gasteiger partial charge < -0.3 is 9.80 Å². The third-order valence-electron chi connectivity index (χ3n) is 5.54. The number of ketones is 1. The molecule has 0 aromatic carbocycles. The maximum atomic E-state index is 13.0. The van der Waals surface area contributed by atoms with Crippen molar-refractivity contribution < 1.29 is 4.79 Å². The Morgan fingerprint density at radius 1 is 0.968 bits per heavy atom. The van der Waals surface area contributed by atoms with Crippen LogP contribution < -0.4 is 4.90 Å². The summed E-state index contributed by atoms with van der Waals surface area (Å²) in [5.41, 5.74) is 1.37. The number of anilines is 1. The molecule has 9 heteroatoms. The monoisotopic (exact) mass is 414 g/mol. The molecule has 1 aliphatic heterocycles. The summed E-state index contributed by atoms with van der Waals surface area (Å²) in [6.07, 6.45) is 8.50. The normalized spacial score (nSPS) is 14.8. The number of pyridine rings is 3. The summed E-state index contributed by atoms with van der Waals surface area (Å²) in [6, 6.07) is 7.51. The lowest BCUT2D eigenvalue weighted by molar-refractivity contribution is 0.0992. The van der Waals surface area contributed by atoms with Crippen molar-refractivity contribution in [2.24, 2.45) is 0 Å². The minimum Gasteiger partial charge on any atom is -0.354 e. The number of hydrogen-bond donors (Lipinski definition) is 0. The fourth-order valence-electron chi connectivity index (χ4n) is 3.69. The van der Waals surface area contributed by atoms with E-state index in [0.717, 1.165) is 42.8 Å². The Balaban J connectivity index is 1.35. The molecular formula is C22H22N8O. The summed E-state index contributed by atoms with van der Waals surface area (Å²) in [6.45, 7) is 3.81. The largest absolute Gasteiger partial charge is 0.354 e. The van der Waals surface area contributed by atoms with Gasteiger partial charge in [0.2, 0.25) is 0 Å². The van der Waals surface area contributed by atoms with E-state index in [2.05, 4.69) is 41.9 Å². The van der Waals surface area contributed by atoms with E-state index in [1.54, 1.807) is 35.7 Å². The average molecular weight is 414 g/mol. The van der Waals surface area contributed by atoms with Crippen molar-refractivity contribution in [2.75, 3.05) is 38.1 Å². The van der Waals surface area contributed by atoms with E-state index in [1.165, 1.54) is 6.33 Å². The average Bonchev–Trinajstić information content (AvgIpc) is 3.34. The summed E-state index contributed by atoms with van der Waals surface area (Å²) in [5.74, 6) is 1.54. The van der Waals surface area contributed by atoms with Gasteiger partial charge >= 0.3 is 0 Å². The Morgan fingerprint density at radius 2 is 1.81 bits per heavy atom. The van der Waals surface area contributed by atoms with Gasteiger partial charge in [-0.25, -0.2) is 19.6 Å². The summed E-state index contributed by atoms with van der Waals surface area (Å²) in [4.78, 5) is 34.8. The van der Waals surface area contributed by atoms with E-state index < -0.39 is 0 Å². The van der Waals surface area contributed by atoms with Crippen molar-refractivity contribution in [3.63, 3.8) is 0 Å². The lowest BCUT2D eigenvalue weighted by Crippen LogP contribution is -2.44. The van der Waals surface area contributed by atoms with Crippen molar-refractivity contribution in [1.29, 1.82) is 0 Å². The second-order valence-corrected chi connectivity index (χ2v) is 7.70. The van der Waals surface area contributed by atoms with Crippen LogP contribution in [0.2, 0.25) is 0 Å². The van der Waals surface area contributed by atoms with E-state index in [-0.39, 0.29) is 12.2 Å². The molecule has 0 atom stereocenters. The van der Waals surface area contributed by atoms with E-state index >= 15 is 0 Å². The first-order chi connectivity index (χ1) is 15.2. The number of aromatic nitrogens is 6. The molecule has 5 heterocycles. The number of hydrogen-bond acceptors (Lipinski definition) is 8. The van der Waals surface area contributed by atoms with Crippen LogP contribution in [-0.4, -0.2) is 73.6 Å². The molecule has 0 bridgehead atoms. The lowest BCUT2D eigenvalue weighted by Gasteiger charge is -2.33. The van der Waals surface area contributed by atoms with Gasteiger partial charge in [0.05, 0.1) is 6.42 Å². The predicted octanol–water partition coefficient (Wildman–Crippen LogP) is 1.78. The molecule has 156 valence electrons. The van der Waals surface area contributed by atoms with Crippen molar-refractivity contribution in [2.45, 2.75) is 6.42 Å². The first-order valence-electron chi connectivity index (χ1n) is 10.2. The molecule has 4 aromatic heterocycles. The molecule has 1 saturated heterocycles. The van der Waals surface area contributed by atoms with E-state index in [0.29, 0.717) is 17.1 Å². The van der Waals surface area contributed by atoms with Gasteiger partial charge in [-0.05, 0) is 36.7 Å². The fraction of sp³-hybridized carbons (Fsp3) is 0.273. The number of rotatable bonds is 5. The molecule has 1 fully saturated rings. The summed E-state index contributed by atoms with van der Waals surface area (Å²) < 4.78 is 1.60. The summed E-state index contributed by atoms with van der Waals surface area (Å²) in [5, 5.41) is 5.97. The Kier molecular flexibility index (Phi) is 5.09. The number of carbonyl (C=O) groups is 1. The van der Waals surface area contributed by atoms with Crippen LogP contribution in [-0.2, 0) is 6.42 Å². The number of Topliss-reactive ketones (excluding diaryl/α,β-unsaturated/α-hetero) is 1. The van der Waals surface area contributed by atoms with Crippen LogP contribution in [0.1, 0.15) is 16.1 Å². The maximum Gasteiger partial charge on any atom is 0.169 e. The molecule has 0 N–H and O–H groups in total. The maximum absolute atomic E-state index is 13.0. The fourth-order valence-corrected chi connectivity index (χ4v) is 3.69. The van der Waals surface area contributed by atoms with Crippen LogP contribution in [0.4, 0.5) is 5.82 Å². The highest BCUT2D eigenvalue weighted by Crippen LogP contribution is 2.19. The van der Waals surface area contributed by atoms with E-state index in [4.69, 9.17) is 0 Å². The third kappa shape index (κ3) is 4.13. The van der Waals surface area contributed by atoms with Gasteiger partial charge in [0.1, 0.15) is 18.5 Å². The van der Waals surface area contributed by atoms with Crippen LogP contribution >= 0.6 is 0 Å². The van der Waals surface area contributed by atoms with Crippen molar-refractivity contribution in [3.8, 4) is 5.82 Å². The van der Waals surface area contributed by atoms with E-state index in [9.17, 15) is 4.79 Å². The van der Waals surface area contributed by atoms with Crippen LogP contribution in [0.25, 0.3) is 16.6 Å². The standard InChI is InChI=1S/C22H22N8O/c1-28-4-6-29(7-5-28)21-9-16(2-3-24-21)20(31)11-19-8-17-10-22(30-15-23-14-27-30)26-13-18(17)12-25-19/h2-3,8-10,12-15H,4-7,11H2,1H3. The number of fused-ring (bicyclic) bond motifs is 1. The van der Waals surface area contributed by atoms with Crippen molar-refractivity contribution >= 4 is 22.4 Å². The van der Waals surface area contributed by atoms with E-state index in [1.807, 2.05) is 18.2 Å². The number of likely N-dealkylation sites (N-methyl/N-ethyl adjacent to an activating group) is 1. The Morgan fingerprint density at radius 3 is 2.61 bits per heavy atom. The second-order valence-electron chi connectivity index (χ2n) is 7.70. The minimum atomic E-state index is 0.0233. The molecule has 0 radical (unpaired) electrons. The quantitative estimate of drug-likeness (QED) is 0.456. The van der Waals surface area contributed by atoms with Crippen molar-refractivity contribution in [1.82, 2.24) is 34.6 Å². The second kappa shape index (κ2) is 8.19. The highest BCUT2D eigenvalue weighted by molar-refractivity contribution is 5.98. The zero-order valence-electron chi connectivity index (χ0n) is 17.2. The molecule has 1 aliphatic rings. The molecular weight excluding hydrogens is 392 g/mol. The minimum absolute atomic E-state index is 0.0233. The number of carbonyl (C=O) groups excluding carboxylic acids is 1. The number of nitrogens with zero attached hydrogens (tertiary/aromatic N) is 8. The highest BCUT2D eigenvalue weighted by Gasteiger charge is 2.17. The van der Waals surface area contributed by atoms with Gasteiger partial charge in [0, 0.05) is 61.4 Å².